The number of benzene rings is 1. The molecule has 2 aromatic heterocycles. The Morgan fingerprint density at radius 3 is 2.52 bits per heavy atom. The summed E-state index contributed by atoms with van der Waals surface area (Å²) in [7, 11) is 0. The van der Waals surface area contributed by atoms with Gasteiger partial charge in [-0.2, -0.15) is 0 Å². The molecule has 3 heteroatoms. The lowest BCUT2D eigenvalue weighted by Gasteiger charge is -2.11. The number of aromatic nitrogens is 2. The molecule has 1 aliphatic rings. The second kappa shape index (κ2) is 5.72. The summed E-state index contributed by atoms with van der Waals surface area (Å²) in [6.45, 7) is 5.62. The molecule has 0 radical (unpaired) electrons. The fourth-order valence-corrected chi connectivity index (χ4v) is 3.75. The van der Waals surface area contributed by atoms with Crippen LogP contribution >= 0.6 is 11.8 Å². The average Bonchev–Trinajstić information content (AvgIpc) is 3.38. The number of hydrogen-bond donors (Lipinski definition) is 0. The minimum absolute atomic E-state index is 0.857. The summed E-state index contributed by atoms with van der Waals surface area (Å²) in [6.07, 6.45) is 6.81. The van der Waals surface area contributed by atoms with E-state index in [0.29, 0.717) is 0 Å². The summed E-state index contributed by atoms with van der Waals surface area (Å²) in [5.41, 5.74) is 6.42. The van der Waals surface area contributed by atoms with E-state index >= 15 is 0 Å². The van der Waals surface area contributed by atoms with E-state index in [1.165, 1.54) is 45.5 Å². The van der Waals surface area contributed by atoms with Crippen molar-refractivity contribution in [3.05, 3.63) is 47.8 Å². The quantitative estimate of drug-likeness (QED) is 0.594. The van der Waals surface area contributed by atoms with E-state index in [1.807, 2.05) is 6.20 Å². The fraction of sp³-hybridized carbons (Fsp3) is 0.350. The number of thioether (sulfide) groups is 1. The first-order chi connectivity index (χ1) is 11.2. The lowest BCUT2D eigenvalue weighted by molar-refractivity contribution is 0.632. The van der Waals surface area contributed by atoms with Gasteiger partial charge in [-0.25, -0.2) is 0 Å². The summed E-state index contributed by atoms with van der Waals surface area (Å²) >= 11 is 1.78. The van der Waals surface area contributed by atoms with Gasteiger partial charge in [-0.05, 0) is 62.6 Å². The van der Waals surface area contributed by atoms with Gasteiger partial charge in [0.2, 0.25) is 0 Å². The normalized spacial score (nSPS) is 14.6. The molecule has 4 rings (SSSR count). The molecule has 0 amide bonds. The van der Waals surface area contributed by atoms with Crippen LogP contribution in [0.15, 0.2) is 41.4 Å². The van der Waals surface area contributed by atoms with Crippen LogP contribution in [0.2, 0.25) is 0 Å². The summed E-state index contributed by atoms with van der Waals surface area (Å²) in [4.78, 5) is 6.04. The first-order valence-electron chi connectivity index (χ1n) is 8.28. The molecule has 0 spiro atoms. The molecular weight excluding hydrogens is 300 g/mol. The van der Waals surface area contributed by atoms with E-state index in [2.05, 4.69) is 55.0 Å². The van der Waals surface area contributed by atoms with Crippen LogP contribution in [0, 0.1) is 19.8 Å². The highest BCUT2D eigenvalue weighted by Crippen LogP contribution is 2.37. The predicted molar refractivity (Wildman–Crippen MR) is 99.1 cm³/mol. The topological polar surface area (TPSA) is 17.8 Å². The zero-order valence-electron chi connectivity index (χ0n) is 14.0. The summed E-state index contributed by atoms with van der Waals surface area (Å²) in [6, 6.07) is 10.9. The Morgan fingerprint density at radius 2 is 1.87 bits per heavy atom. The van der Waals surface area contributed by atoms with Crippen molar-refractivity contribution in [3.63, 3.8) is 0 Å². The molecule has 0 N–H and O–H groups in total. The minimum atomic E-state index is 0.857. The highest BCUT2D eigenvalue weighted by Gasteiger charge is 2.25. The number of hydrogen-bond acceptors (Lipinski definition) is 2. The largest absolute Gasteiger partial charge is 0.343 e. The molecular formula is C20H22N2S. The first-order valence-corrected chi connectivity index (χ1v) is 9.50. The minimum Gasteiger partial charge on any atom is -0.343 e. The standard InChI is InChI=1S/C20H22N2S/c1-13-14(2)22(12-15-4-5-15)20-18(13)10-11-21-19(20)16-6-8-17(23-3)9-7-16/h6-11,15H,4-5,12H2,1-3H3. The predicted octanol–water partition coefficient (Wildman–Crippen LogP) is 5.45. The van der Waals surface area contributed by atoms with Crippen molar-refractivity contribution in [3.8, 4) is 11.3 Å². The summed E-state index contributed by atoms with van der Waals surface area (Å²) < 4.78 is 2.51. The molecule has 0 bridgehead atoms. The highest BCUT2D eigenvalue weighted by atomic mass is 32.2. The van der Waals surface area contributed by atoms with Crippen molar-refractivity contribution in [2.24, 2.45) is 5.92 Å². The molecule has 3 aromatic rings. The highest BCUT2D eigenvalue weighted by molar-refractivity contribution is 7.98. The van der Waals surface area contributed by atoms with E-state index in [0.717, 1.165) is 18.2 Å². The van der Waals surface area contributed by atoms with Crippen LogP contribution in [-0.2, 0) is 6.54 Å². The fourth-order valence-electron chi connectivity index (χ4n) is 3.34. The van der Waals surface area contributed by atoms with E-state index in [9.17, 15) is 0 Å². The molecule has 1 aliphatic carbocycles. The van der Waals surface area contributed by atoms with Gasteiger partial charge >= 0.3 is 0 Å². The van der Waals surface area contributed by atoms with Gasteiger partial charge in [-0.3, -0.25) is 4.98 Å². The average molecular weight is 322 g/mol. The molecule has 1 fully saturated rings. The molecule has 0 atom stereocenters. The Hall–Kier alpha value is -1.74. The van der Waals surface area contributed by atoms with E-state index in [1.54, 1.807) is 11.8 Å². The molecule has 23 heavy (non-hydrogen) atoms. The summed E-state index contributed by atoms with van der Waals surface area (Å²) in [5.74, 6) is 0.857. The molecule has 1 aromatic carbocycles. The lowest BCUT2D eigenvalue weighted by atomic mass is 10.1. The van der Waals surface area contributed by atoms with Crippen LogP contribution in [0.1, 0.15) is 24.1 Å². The molecule has 2 heterocycles. The Balaban J connectivity index is 1.92. The SMILES string of the molecule is CSc1ccc(-c2nccc3c(C)c(C)n(CC4CC4)c23)cc1. The smallest absolute Gasteiger partial charge is 0.0944 e. The van der Waals surface area contributed by atoms with Crippen LogP contribution in [0.25, 0.3) is 22.2 Å². The van der Waals surface area contributed by atoms with E-state index in [4.69, 9.17) is 4.98 Å². The van der Waals surface area contributed by atoms with Crippen molar-refractivity contribution in [1.82, 2.24) is 9.55 Å². The van der Waals surface area contributed by atoms with Crippen LogP contribution in [0.5, 0.6) is 0 Å². The molecule has 1 saturated carbocycles. The third-order valence-corrected chi connectivity index (χ3v) is 5.79. The molecule has 118 valence electrons. The molecule has 0 unspecified atom stereocenters. The zero-order chi connectivity index (χ0) is 16.0. The van der Waals surface area contributed by atoms with Crippen LogP contribution < -0.4 is 0 Å². The Bertz CT molecular complexity index is 857. The van der Waals surface area contributed by atoms with Crippen molar-refractivity contribution in [1.29, 1.82) is 0 Å². The van der Waals surface area contributed by atoms with Gasteiger partial charge in [0, 0.05) is 34.3 Å². The second-order valence-electron chi connectivity index (χ2n) is 6.55. The van der Waals surface area contributed by atoms with Gasteiger partial charge in [0.25, 0.3) is 0 Å². The number of nitrogens with zero attached hydrogens (tertiary/aromatic N) is 2. The maximum atomic E-state index is 4.75. The number of pyridine rings is 1. The zero-order valence-corrected chi connectivity index (χ0v) is 14.8. The van der Waals surface area contributed by atoms with E-state index in [-0.39, 0.29) is 0 Å². The summed E-state index contributed by atoms with van der Waals surface area (Å²) in [5, 5.41) is 1.35. The number of fused-ring (bicyclic) bond motifs is 1. The Kier molecular flexibility index (Phi) is 3.68. The Labute approximate surface area is 141 Å². The van der Waals surface area contributed by atoms with E-state index < -0.39 is 0 Å². The van der Waals surface area contributed by atoms with Crippen molar-refractivity contribution in [2.75, 3.05) is 6.26 Å². The first kappa shape index (κ1) is 14.8. The van der Waals surface area contributed by atoms with Crippen molar-refractivity contribution < 1.29 is 0 Å². The van der Waals surface area contributed by atoms with Crippen molar-refractivity contribution >= 4 is 22.7 Å². The Morgan fingerprint density at radius 1 is 1.13 bits per heavy atom. The van der Waals surface area contributed by atoms with Crippen LogP contribution in [0.3, 0.4) is 0 Å². The van der Waals surface area contributed by atoms with Crippen LogP contribution in [-0.4, -0.2) is 15.8 Å². The molecule has 2 nitrogen and oxygen atoms in total. The van der Waals surface area contributed by atoms with Gasteiger partial charge in [0.05, 0.1) is 11.2 Å². The third kappa shape index (κ3) is 2.57. The maximum Gasteiger partial charge on any atom is 0.0944 e. The van der Waals surface area contributed by atoms with Gasteiger partial charge in [-0.15, -0.1) is 11.8 Å². The van der Waals surface area contributed by atoms with Crippen molar-refractivity contribution in [2.45, 2.75) is 38.1 Å². The van der Waals surface area contributed by atoms with Crippen LogP contribution in [0.4, 0.5) is 0 Å². The molecule has 0 aliphatic heterocycles. The number of aryl methyl sites for hydroxylation is 1. The maximum absolute atomic E-state index is 4.75. The molecule has 0 saturated heterocycles. The third-order valence-electron chi connectivity index (χ3n) is 5.05. The van der Waals surface area contributed by atoms with Gasteiger partial charge in [-0.1, -0.05) is 12.1 Å². The monoisotopic (exact) mass is 322 g/mol. The number of rotatable bonds is 4. The lowest BCUT2D eigenvalue weighted by Crippen LogP contribution is -2.03. The van der Waals surface area contributed by atoms with Gasteiger partial charge in [0.1, 0.15) is 0 Å². The van der Waals surface area contributed by atoms with Gasteiger partial charge in [0.15, 0.2) is 0 Å². The second-order valence-corrected chi connectivity index (χ2v) is 7.43. The van der Waals surface area contributed by atoms with Gasteiger partial charge < -0.3 is 4.57 Å².